The Morgan fingerprint density at radius 1 is 0.417 bits per heavy atom. The smallest absolute Gasteiger partial charge is 0.252 e. The highest BCUT2D eigenvalue weighted by molar-refractivity contribution is 6.22. The van der Waals surface area contributed by atoms with E-state index in [9.17, 15) is 13.2 Å². The van der Waals surface area contributed by atoms with Crippen molar-refractivity contribution in [2.45, 2.75) is 6.18 Å². The predicted molar refractivity (Wildman–Crippen MR) is 191 cm³/mol. The van der Waals surface area contributed by atoms with E-state index >= 15 is 0 Å². The molecule has 1 heterocycles. The molecule has 0 atom stereocenters. The summed E-state index contributed by atoms with van der Waals surface area (Å²) in [5.41, 5.74) is 5.94. The van der Waals surface area contributed by atoms with E-state index in [1.54, 1.807) is 12.3 Å². The van der Waals surface area contributed by atoms with E-state index in [0.29, 0.717) is 5.39 Å². The molecule has 9 rings (SSSR count). The highest BCUT2D eigenvalue weighted by Gasteiger charge is 2.31. The van der Waals surface area contributed by atoms with Gasteiger partial charge in [-0.05, 0) is 108 Å². The molecule has 0 N–H and O–H groups in total. The van der Waals surface area contributed by atoms with Gasteiger partial charge in [0.2, 0.25) is 0 Å². The Kier molecular flexibility index (Phi) is 6.31. The maximum Gasteiger partial charge on any atom is 0.416 e. The largest absolute Gasteiger partial charge is 0.416 e. The number of para-hydroxylation sites is 2. The Bertz CT molecular complexity index is 2730. The molecular weight excluding hydrogens is 601 g/mol. The number of alkyl halides is 3. The van der Waals surface area contributed by atoms with Crippen LogP contribution in [0.2, 0.25) is 0 Å². The van der Waals surface area contributed by atoms with Crippen molar-refractivity contribution in [1.29, 1.82) is 0 Å². The lowest BCUT2D eigenvalue weighted by Gasteiger charge is -2.20. The zero-order chi connectivity index (χ0) is 32.4. The predicted octanol–water partition coefficient (Wildman–Crippen LogP) is 12.3. The third-order valence-corrected chi connectivity index (χ3v) is 9.26. The van der Waals surface area contributed by atoms with Crippen molar-refractivity contribution >= 4 is 54.1 Å². The van der Waals surface area contributed by atoms with Crippen LogP contribution in [0.5, 0.6) is 0 Å². The van der Waals surface area contributed by atoms with Crippen molar-refractivity contribution < 1.29 is 13.2 Å². The molecule has 0 aliphatic carbocycles. The molecule has 0 aliphatic heterocycles. The quantitative estimate of drug-likeness (QED) is 0.182. The van der Waals surface area contributed by atoms with Crippen molar-refractivity contribution in [2.75, 3.05) is 0 Å². The monoisotopic (exact) mass is 626 g/mol. The van der Waals surface area contributed by atoms with Gasteiger partial charge in [0.25, 0.3) is 0 Å². The first-order chi connectivity index (χ1) is 23.4. The number of rotatable bonds is 3. The van der Waals surface area contributed by atoms with Crippen LogP contribution < -0.4 is 0 Å². The van der Waals surface area contributed by atoms with E-state index in [1.807, 2.05) is 84.9 Å². The summed E-state index contributed by atoms with van der Waals surface area (Å²) < 4.78 is 42.9. The van der Waals surface area contributed by atoms with E-state index in [4.69, 9.17) is 4.98 Å². The van der Waals surface area contributed by atoms with Gasteiger partial charge >= 0.3 is 6.18 Å². The molecule has 0 fully saturated rings. The van der Waals surface area contributed by atoms with E-state index in [2.05, 4.69) is 47.4 Å². The highest BCUT2D eigenvalue weighted by atomic mass is 19.4. The molecule has 9 aromatic rings. The fourth-order valence-corrected chi connectivity index (χ4v) is 6.97. The number of aromatic nitrogens is 2. The summed E-state index contributed by atoms with van der Waals surface area (Å²) in [4.78, 5) is 9.58. The van der Waals surface area contributed by atoms with E-state index in [0.717, 1.165) is 82.2 Å². The van der Waals surface area contributed by atoms with Gasteiger partial charge in [-0.25, -0.2) is 4.98 Å². The zero-order valence-electron chi connectivity index (χ0n) is 25.5. The standard InChI is InChI=1S/C43H25F3N2/c44-43(45,46)33-18-20-35-37(24-33)42(32-16-14-27-8-2-4-10-29(27)22-32)34-19-17-30(40-25-47-38-11-5-6-12-39(38)48-40)23-36(34)41(35)31-15-13-26-7-1-3-9-28(26)21-31/h1-25H. The van der Waals surface area contributed by atoms with Crippen molar-refractivity contribution in [3.8, 4) is 33.5 Å². The number of hydrogen-bond acceptors (Lipinski definition) is 2. The minimum absolute atomic E-state index is 0.550. The normalized spacial score (nSPS) is 12.1. The maximum absolute atomic E-state index is 14.3. The zero-order valence-corrected chi connectivity index (χ0v) is 25.5. The van der Waals surface area contributed by atoms with Crippen molar-refractivity contribution in [3.63, 3.8) is 0 Å². The molecule has 0 aliphatic rings. The summed E-state index contributed by atoms with van der Waals surface area (Å²) in [6, 6.07) is 46.5. The fourth-order valence-electron chi connectivity index (χ4n) is 6.97. The molecule has 228 valence electrons. The van der Waals surface area contributed by atoms with Crippen LogP contribution in [0, 0.1) is 0 Å². The molecule has 0 saturated heterocycles. The van der Waals surface area contributed by atoms with Crippen LogP contribution in [0.25, 0.3) is 87.6 Å². The van der Waals surface area contributed by atoms with E-state index in [-0.39, 0.29) is 0 Å². The number of halogens is 3. The van der Waals surface area contributed by atoms with Crippen LogP contribution in [-0.2, 0) is 6.18 Å². The Morgan fingerprint density at radius 2 is 0.938 bits per heavy atom. The topological polar surface area (TPSA) is 25.8 Å². The summed E-state index contributed by atoms with van der Waals surface area (Å²) in [5.74, 6) is 0. The van der Waals surface area contributed by atoms with Crippen molar-refractivity contribution in [3.05, 3.63) is 157 Å². The van der Waals surface area contributed by atoms with Gasteiger partial charge in [-0.2, -0.15) is 13.2 Å². The average molecular weight is 627 g/mol. The first kappa shape index (κ1) is 28.2. The van der Waals surface area contributed by atoms with E-state index < -0.39 is 11.7 Å². The summed E-state index contributed by atoms with van der Waals surface area (Å²) >= 11 is 0. The second kappa shape index (κ2) is 10.7. The lowest BCUT2D eigenvalue weighted by Crippen LogP contribution is -2.05. The molecule has 48 heavy (non-hydrogen) atoms. The van der Waals surface area contributed by atoms with Gasteiger partial charge in [0.15, 0.2) is 0 Å². The highest BCUT2D eigenvalue weighted by Crippen LogP contribution is 2.47. The van der Waals surface area contributed by atoms with Crippen molar-refractivity contribution in [1.82, 2.24) is 9.97 Å². The second-order valence-electron chi connectivity index (χ2n) is 12.1. The molecule has 0 amide bonds. The summed E-state index contributed by atoms with van der Waals surface area (Å²) in [7, 11) is 0. The van der Waals surface area contributed by atoms with Crippen LogP contribution in [-0.4, -0.2) is 9.97 Å². The third-order valence-electron chi connectivity index (χ3n) is 9.26. The Balaban J connectivity index is 1.42. The molecule has 0 spiro atoms. The first-order valence-corrected chi connectivity index (χ1v) is 15.7. The molecule has 0 radical (unpaired) electrons. The Labute approximate surface area is 273 Å². The second-order valence-corrected chi connectivity index (χ2v) is 12.1. The average Bonchev–Trinajstić information content (AvgIpc) is 3.12. The molecule has 1 aromatic heterocycles. The Morgan fingerprint density at radius 3 is 1.56 bits per heavy atom. The minimum atomic E-state index is -4.49. The van der Waals surface area contributed by atoms with E-state index in [1.165, 1.54) is 12.1 Å². The van der Waals surface area contributed by atoms with Gasteiger partial charge in [0, 0.05) is 5.56 Å². The van der Waals surface area contributed by atoms with Crippen LogP contribution >= 0.6 is 0 Å². The molecule has 2 nitrogen and oxygen atoms in total. The Hall–Kier alpha value is -6.07. The van der Waals surface area contributed by atoms with Crippen LogP contribution in [0.4, 0.5) is 13.2 Å². The van der Waals surface area contributed by atoms with Crippen LogP contribution in [0.15, 0.2) is 152 Å². The lowest BCUT2D eigenvalue weighted by atomic mass is 9.84. The van der Waals surface area contributed by atoms with Gasteiger partial charge in [0.1, 0.15) is 0 Å². The van der Waals surface area contributed by atoms with Crippen LogP contribution in [0.1, 0.15) is 5.56 Å². The maximum atomic E-state index is 14.3. The first-order valence-electron chi connectivity index (χ1n) is 15.7. The summed E-state index contributed by atoms with van der Waals surface area (Å²) in [5, 5.41) is 7.31. The SMILES string of the molecule is FC(F)(F)c1ccc2c(-c3ccc4ccccc4c3)c3cc(-c4cnc5ccccc5n4)ccc3c(-c3ccc4ccccc4c3)c2c1. The molecule has 0 unspecified atom stereocenters. The number of benzene rings is 8. The van der Waals surface area contributed by atoms with Gasteiger partial charge in [-0.3, -0.25) is 4.98 Å². The third kappa shape index (κ3) is 4.66. The van der Waals surface area contributed by atoms with Gasteiger partial charge < -0.3 is 0 Å². The van der Waals surface area contributed by atoms with Crippen LogP contribution in [0.3, 0.4) is 0 Å². The number of fused-ring (bicyclic) bond motifs is 5. The number of nitrogens with zero attached hydrogens (tertiary/aromatic N) is 2. The molecule has 5 heteroatoms. The van der Waals surface area contributed by atoms with Gasteiger partial charge in [0.05, 0.1) is 28.5 Å². The molecule has 0 bridgehead atoms. The molecule has 0 saturated carbocycles. The fraction of sp³-hybridized carbons (Fsp3) is 0.0233. The molecule has 8 aromatic carbocycles. The summed E-state index contributed by atoms with van der Waals surface area (Å²) in [6.07, 6.45) is -2.72. The van der Waals surface area contributed by atoms with Gasteiger partial charge in [-0.15, -0.1) is 0 Å². The lowest BCUT2D eigenvalue weighted by molar-refractivity contribution is -0.137. The molecular formula is C43H25F3N2. The van der Waals surface area contributed by atoms with Gasteiger partial charge in [-0.1, -0.05) is 103 Å². The minimum Gasteiger partial charge on any atom is -0.252 e. The summed E-state index contributed by atoms with van der Waals surface area (Å²) in [6.45, 7) is 0. The van der Waals surface area contributed by atoms with Crippen molar-refractivity contribution in [2.24, 2.45) is 0 Å². The number of hydrogen-bond donors (Lipinski definition) is 0.